The molecule has 0 nitrogen and oxygen atoms in total. The highest BCUT2D eigenvalue weighted by atomic mass is 14.4. The molecule has 0 atom stereocenters. The third-order valence-electron chi connectivity index (χ3n) is 8.25. The van der Waals surface area contributed by atoms with Crippen molar-refractivity contribution in [3.8, 4) is 0 Å². The quantitative estimate of drug-likeness (QED) is 0.320. The minimum atomic E-state index is 0.989. The molecular weight excluding hydrogens is 360 g/mol. The number of allylic oxidation sites excluding steroid dienone is 1. The Bertz CT molecular complexity index is 579. The summed E-state index contributed by atoms with van der Waals surface area (Å²) in [6, 6.07) is 9.26. The van der Waals surface area contributed by atoms with E-state index in [9.17, 15) is 0 Å². The molecule has 1 aromatic rings. The van der Waals surface area contributed by atoms with Gasteiger partial charge in [0, 0.05) is 0 Å². The molecule has 0 unspecified atom stereocenters. The van der Waals surface area contributed by atoms with Crippen LogP contribution in [0.3, 0.4) is 0 Å². The molecule has 2 aliphatic carbocycles. The van der Waals surface area contributed by atoms with Crippen molar-refractivity contribution in [2.45, 2.75) is 117 Å². The molecule has 0 bridgehead atoms. The van der Waals surface area contributed by atoms with E-state index in [2.05, 4.69) is 50.3 Å². The third kappa shape index (κ3) is 7.90. The average Bonchev–Trinajstić information content (AvgIpc) is 2.79. The van der Waals surface area contributed by atoms with E-state index in [1.54, 1.807) is 12.8 Å². The molecule has 168 valence electrons. The molecule has 0 aliphatic heterocycles. The molecule has 2 fully saturated rings. The lowest BCUT2D eigenvalue weighted by Gasteiger charge is -2.38. The van der Waals surface area contributed by atoms with Gasteiger partial charge in [0.1, 0.15) is 0 Å². The van der Waals surface area contributed by atoms with E-state index in [-0.39, 0.29) is 0 Å². The van der Waals surface area contributed by atoms with Crippen molar-refractivity contribution in [2.75, 3.05) is 0 Å². The molecule has 1 aromatic carbocycles. The highest BCUT2D eigenvalue weighted by Crippen LogP contribution is 2.42. The van der Waals surface area contributed by atoms with Gasteiger partial charge >= 0.3 is 0 Å². The molecule has 0 heteroatoms. The van der Waals surface area contributed by atoms with E-state index < -0.39 is 0 Å². The van der Waals surface area contributed by atoms with Gasteiger partial charge in [-0.1, -0.05) is 102 Å². The van der Waals surface area contributed by atoms with E-state index >= 15 is 0 Å². The van der Waals surface area contributed by atoms with Crippen LogP contribution in [0.4, 0.5) is 0 Å². The summed E-state index contributed by atoms with van der Waals surface area (Å²) in [5.74, 6) is 4.19. The summed E-state index contributed by atoms with van der Waals surface area (Å²) in [4.78, 5) is 0. The molecule has 30 heavy (non-hydrogen) atoms. The maximum Gasteiger partial charge on any atom is -0.0260 e. The number of rotatable bonds is 11. The second kappa shape index (κ2) is 13.4. The van der Waals surface area contributed by atoms with Crippen LogP contribution >= 0.6 is 0 Å². The Kier molecular flexibility index (Phi) is 10.5. The molecule has 0 N–H and O–H groups in total. The van der Waals surface area contributed by atoms with Crippen molar-refractivity contribution < 1.29 is 0 Å². The number of benzene rings is 1. The second-order valence-electron chi connectivity index (χ2n) is 10.5. The topological polar surface area (TPSA) is 0 Å². The monoisotopic (exact) mass is 408 g/mol. The first-order chi connectivity index (χ1) is 14.8. The van der Waals surface area contributed by atoms with Gasteiger partial charge in [0.25, 0.3) is 0 Å². The van der Waals surface area contributed by atoms with Crippen molar-refractivity contribution in [2.24, 2.45) is 23.7 Å². The maximum atomic E-state index is 2.42. The van der Waals surface area contributed by atoms with Gasteiger partial charge in [0.15, 0.2) is 0 Å². The van der Waals surface area contributed by atoms with Crippen molar-refractivity contribution in [3.63, 3.8) is 0 Å². The van der Waals surface area contributed by atoms with Crippen LogP contribution < -0.4 is 0 Å². The van der Waals surface area contributed by atoms with Crippen LogP contribution in [0.2, 0.25) is 0 Å². The smallest absolute Gasteiger partial charge is 0.0260 e. The van der Waals surface area contributed by atoms with Crippen LogP contribution in [-0.2, 0) is 6.42 Å². The van der Waals surface area contributed by atoms with Crippen molar-refractivity contribution >= 4 is 6.08 Å². The molecule has 2 aliphatic rings. The SMILES string of the molecule is CCCCCc1ccc(/C=C\CCC2CCC(C3CCC(CCC)CC3)CC2)cc1. The van der Waals surface area contributed by atoms with E-state index in [1.807, 2.05) is 0 Å². The minimum Gasteiger partial charge on any atom is -0.0839 e. The lowest BCUT2D eigenvalue weighted by molar-refractivity contribution is 0.141. The number of hydrogen-bond donors (Lipinski definition) is 0. The first-order valence-electron chi connectivity index (χ1n) is 13.5. The van der Waals surface area contributed by atoms with Gasteiger partial charge in [-0.25, -0.2) is 0 Å². The van der Waals surface area contributed by atoms with Crippen molar-refractivity contribution in [1.29, 1.82) is 0 Å². The van der Waals surface area contributed by atoms with E-state index in [1.165, 1.54) is 101 Å². The Labute approximate surface area is 187 Å². The van der Waals surface area contributed by atoms with Gasteiger partial charge in [0.2, 0.25) is 0 Å². The van der Waals surface area contributed by atoms with Gasteiger partial charge in [-0.2, -0.15) is 0 Å². The minimum absolute atomic E-state index is 0.989. The zero-order valence-electron chi connectivity index (χ0n) is 20.1. The zero-order chi connectivity index (χ0) is 21.0. The average molecular weight is 409 g/mol. The lowest BCUT2D eigenvalue weighted by Crippen LogP contribution is -2.25. The van der Waals surface area contributed by atoms with Crippen molar-refractivity contribution in [3.05, 3.63) is 41.5 Å². The van der Waals surface area contributed by atoms with E-state index in [4.69, 9.17) is 0 Å². The summed E-state index contributed by atoms with van der Waals surface area (Å²) in [5.41, 5.74) is 2.87. The van der Waals surface area contributed by atoms with Crippen LogP contribution in [0.25, 0.3) is 6.08 Å². The second-order valence-corrected chi connectivity index (χ2v) is 10.5. The van der Waals surface area contributed by atoms with E-state index in [0.717, 1.165) is 23.7 Å². The number of unbranched alkanes of at least 4 members (excludes halogenated alkanes) is 2. The molecule has 2 saturated carbocycles. The van der Waals surface area contributed by atoms with Gasteiger partial charge < -0.3 is 0 Å². The Morgan fingerprint density at radius 3 is 1.87 bits per heavy atom. The first-order valence-corrected chi connectivity index (χ1v) is 13.5. The normalized spacial score (nSPS) is 27.5. The summed E-state index contributed by atoms with van der Waals surface area (Å²) < 4.78 is 0. The summed E-state index contributed by atoms with van der Waals surface area (Å²) >= 11 is 0. The molecular formula is C30H48. The Hall–Kier alpha value is -1.04. The highest BCUT2D eigenvalue weighted by Gasteiger charge is 2.30. The fourth-order valence-electron chi connectivity index (χ4n) is 6.23. The van der Waals surface area contributed by atoms with Gasteiger partial charge in [-0.3, -0.25) is 0 Å². The van der Waals surface area contributed by atoms with Crippen LogP contribution in [-0.4, -0.2) is 0 Å². The molecule has 0 radical (unpaired) electrons. The fourth-order valence-corrected chi connectivity index (χ4v) is 6.23. The first kappa shape index (κ1) is 23.6. The molecule has 0 heterocycles. The van der Waals surface area contributed by atoms with Gasteiger partial charge in [-0.15, -0.1) is 0 Å². The molecule has 3 rings (SSSR count). The summed E-state index contributed by atoms with van der Waals surface area (Å²) in [7, 11) is 0. The Morgan fingerprint density at radius 1 is 0.700 bits per heavy atom. The standard InChI is InChI=1S/C30H48/c1-3-5-6-10-26-13-15-27(16-14-26)11-7-8-12-28-19-23-30(24-20-28)29-21-17-25(9-4-2)18-22-29/h7,11,13-16,25,28-30H,3-6,8-10,12,17-24H2,1-2H3/b11-7-. The van der Waals surface area contributed by atoms with Crippen LogP contribution in [0.15, 0.2) is 30.3 Å². The van der Waals surface area contributed by atoms with Crippen molar-refractivity contribution in [1.82, 2.24) is 0 Å². The zero-order valence-corrected chi connectivity index (χ0v) is 20.1. The molecule has 0 aromatic heterocycles. The largest absolute Gasteiger partial charge is 0.0839 e. The van der Waals surface area contributed by atoms with E-state index in [0.29, 0.717) is 0 Å². The Morgan fingerprint density at radius 2 is 1.30 bits per heavy atom. The Balaban J connectivity index is 1.29. The van der Waals surface area contributed by atoms with Gasteiger partial charge in [0.05, 0.1) is 0 Å². The predicted octanol–water partition coefficient (Wildman–Crippen LogP) is 9.63. The lowest BCUT2D eigenvalue weighted by atomic mass is 9.68. The molecule has 0 spiro atoms. The summed E-state index contributed by atoms with van der Waals surface area (Å²) in [6.45, 7) is 4.63. The number of aryl methyl sites for hydroxylation is 1. The summed E-state index contributed by atoms with van der Waals surface area (Å²) in [5, 5.41) is 0. The highest BCUT2D eigenvalue weighted by molar-refractivity contribution is 5.49. The molecule has 0 saturated heterocycles. The molecule has 0 amide bonds. The number of hydrogen-bond acceptors (Lipinski definition) is 0. The van der Waals surface area contributed by atoms with Crippen LogP contribution in [0.5, 0.6) is 0 Å². The fraction of sp³-hybridized carbons (Fsp3) is 0.733. The van der Waals surface area contributed by atoms with Gasteiger partial charge in [-0.05, 0) is 86.2 Å². The third-order valence-corrected chi connectivity index (χ3v) is 8.25. The summed E-state index contributed by atoms with van der Waals surface area (Å²) in [6.07, 6.45) is 27.7. The van der Waals surface area contributed by atoms with Crippen LogP contribution in [0, 0.1) is 23.7 Å². The predicted molar refractivity (Wildman–Crippen MR) is 134 cm³/mol. The van der Waals surface area contributed by atoms with Crippen LogP contribution in [0.1, 0.15) is 121 Å². The maximum absolute atomic E-state index is 2.42.